The molecule has 4 heterocycles. The molecular formula is C23H21FN4O2. The number of hydrogen-bond donors (Lipinski definition) is 2. The molecule has 2 aliphatic rings. The standard InChI is InChI=1S/C23H21FN4O2/c24-18-4-1-3-16-17(11-25-21(16)18)14-7-9-27(10-8-14)12-15-13-30-20-6-2-5-19-22(20)28(15)23(29)26-19/h1-7,11,15,25H,8-10,12-13H2,(H,26,29). The number of imidazole rings is 1. The number of nitrogens with zero attached hydrogens (tertiary/aromatic N) is 2. The van der Waals surface area contributed by atoms with Gasteiger partial charge in [-0.15, -0.1) is 0 Å². The van der Waals surface area contributed by atoms with E-state index in [2.05, 4.69) is 20.9 Å². The Labute approximate surface area is 171 Å². The summed E-state index contributed by atoms with van der Waals surface area (Å²) in [5.74, 6) is 0.534. The first-order valence-corrected chi connectivity index (χ1v) is 10.2. The number of ether oxygens (including phenoxy) is 1. The predicted octanol–water partition coefficient (Wildman–Crippen LogP) is 3.67. The first kappa shape index (κ1) is 17.5. The van der Waals surface area contributed by atoms with Crippen LogP contribution in [-0.4, -0.2) is 45.7 Å². The van der Waals surface area contributed by atoms with Crippen molar-refractivity contribution in [2.24, 2.45) is 0 Å². The molecule has 30 heavy (non-hydrogen) atoms. The van der Waals surface area contributed by atoms with Gasteiger partial charge in [0.25, 0.3) is 0 Å². The summed E-state index contributed by atoms with van der Waals surface area (Å²) < 4.78 is 21.8. The van der Waals surface area contributed by atoms with E-state index in [1.54, 1.807) is 6.07 Å². The third-order valence-corrected chi connectivity index (χ3v) is 6.27. The summed E-state index contributed by atoms with van der Waals surface area (Å²) in [6.07, 6.45) is 4.99. The Morgan fingerprint density at radius 2 is 2.10 bits per heavy atom. The van der Waals surface area contributed by atoms with Crippen LogP contribution < -0.4 is 10.4 Å². The van der Waals surface area contributed by atoms with E-state index in [1.807, 2.05) is 35.0 Å². The quantitative estimate of drug-likeness (QED) is 0.548. The lowest BCUT2D eigenvalue weighted by Crippen LogP contribution is -2.40. The molecule has 2 N–H and O–H groups in total. The van der Waals surface area contributed by atoms with Gasteiger partial charge in [-0.2, -0.15) is 0 Å². The maximum atomic E-state index is 14.0. The zero-order chi connectivity index (χ0) is 20.2. The van der Waals surface area contributed by atoms with Gasteiger partial charge in [0, 0.05) is 36.8 Å². The number of rotatable bonds is 3. The summed E-state index contributed by atoms with van der Waals surface area (Å²) in [7, 11) is 0. The van der Waals surface area contributed by atoms with E-state index >= 15 is 0 Å². The van der Waals surface area contributed by atoms with Crippen molar-refractivity contribution in [1.82, 2.24) is 19.4 Å². The third kappa shape index (κ3) is 2.62. The second kappa shape index (κ2) is 6.60. The number of aromatic nitrogens is 3. The van der Waals surface area contributed by atoms with Gasteiger partial charge in [-0.3, -0.25) is 9.47 Å². The Bertz CT molecular complexity index is 1360. The lowest BCUT2D eigenvalue weighted by Gasteiger charge is -2.32. The van der Waals surface area contributed by atoms with Crippen LogP contribution in [0.15, 0.2) is 53.5 Å². The number of hydrogen-bond acceptors (Lipinski definition) is 3. The number of halogens is 1. The fourth-order valence-corrected chi connectivity index (χ4v) is 4.81. The molecule has 2 aromatic carbocycles. The summed E-state index contributed by atoms with van der Waals surface area (Å²) in [5, 5.41) is 0.924. The first-order chi connectivity index (χ1) is 14.7. The molecule has 6 nitrogen and oxygen atoms in total. The fraction of sp³-hybridized carbons (Fsp3) is 0.261. The Morgan fingerprint density at radius 3 is 2.97 bits per heavy atom. The van der Waals surface area contributed by atoms with E-state index in [9.17, 15) is 9.18 Å². The van der Waals surface area contributed by atoms with Crippen molar-refractivity contribution in [1.29, 1.82) is 0 Å². The minimum absolute atomic E-state index is 0.0294. The van der Waals surface area contributed by atoms with E-state index in [-0.39, 0.29) is 17.5 Å². The molecule has 0 amide bonds. The van der Waals surface area contributed by atoms with E-state index in [1.165, 1.54) is 11.6 Å². The second-order valence-electron chi connectivity index (χ2n) is 8.02. The van der Waals surface area contributed by atoms with Gasteiger partial charge >= 0.3 is 5.69 Å². The SMILES string of the molecule is O=c1[nH]c2cccc3c2n1C(CN1CC=C(c2c[nH]c4c(F)cccc24)CC1)CO3. The number of nitrogens with one attached hydrogen (secondary N) is 2. The van der Waals surface area contributed by atoms with Crippen LogP contribution in [0, 0.1) is 5.82 Å². The van der Waals surface area contributed by atoms with Crippen molar-refractivity contribution < 1.29 is 9.13 Å². The summed E-state index contributed by atoms with van der Waals surface area (Å²) in [6.45, 7) is 2.90. The smallest absolute Gasteiger partial charge is 0.326 e. The molecule has 152 valence electrons. The van der Waals surface area contributed by atoms with E-state index in [0.29, 0.717) is 12.1 Å². The summed E-state index contributed by atoms with van der Waals surface area (Å²) >= 11 is 0. The number of benzene rings is 2. The maximum Gasteiger partial charge on any atom is 0.326 e. The van der Waals surface area contributed by atoms with Crippen LogP contribution in [0.2, 0.25) is 0 Å². The highest BCUT2D eigenvalue weighted by Crippen LogP contribution is 2.33. The third-order valence-electron chi connectivity index (χ3n) is 6.27. The van der Waals surface area contributed by atoms with Gasteiger partial charge in [0.2, 0.25) is 0 Å². The average Bonchev–Trinajstić information content (AvgIpc) is 3.34. The Balaban J connectivity index is 1.25. The molecule has 0 fully saturated rings. The lowest BCUT2D eigenvalue weighted by atomic mass is 9.98. The van der Waals surface area contributed by atoms with Gasteiger partial charge in [-0.25, -0.2) is 9.18 Å². The summed E-state index contributed by atoms with van der Waals surface area (Å²) in [5.41, 5.74) is 4.45. The van der Waals surface area contributed by atoms with Crippen molar-refractivity contribution in [2.75, 3.05) is 26.2 Å². The van der Waals surface area contributed by atoms with Crippen LogP contribution in [0.3, 0.4) is 0 Å². The van der Waals surface area contributed by atoms with Crippen LogP contribution in [0.25, 0.3) is 27.5 Å². The Kier molecular flexibility index (Phi) is 3.86. The molecule has 0 aliphatic carbocycles. The zero-order valence-corrected chi connectivity index (χ0v) is 16.3. The van der Waals surface area contributed by atoms with Crippen molar-refractivity contribution in [3.63, 3.8) is 0 Å². The molecule has 6 rings (SSSR count). The molecule has 0 bridgehead atoms. The molecule has 4 aromatic rings. The van der Waals surface area contributed by atoms with Crippen LogP contribution in [0.5, 0.6) is 5.75 Å². The van der Waals surface area contributed by atoms with Gasteiger partial charge in [0.05, 0.1) is 17.1 Å². The van der Waals surface area contributed by atoms with Gasteiger partial charge in [0.15, 0.2) is 0 Å². The van der Waals surface area contributed by atoms with E-state index in [0.717, 1.165) is 53.8 Å². The highest BCUT2D eigenvalue weighted by molar-refractivity contribution is 5.93. The molecule has 2 aromatic heterocycles. The minimum Gasteiger partial charge on any atom is -0.489 e. The number of para-hydroxylation sites is 2. The molecule has 0 saturated carbocycles. The number of aromatic amines is 2. The molecule has 2 aliphatic heterocycles. The van der Waals surface area contributed by atoms with Crippen molar-refractivity contribution in [3.05, 3.63) is 70.5 Å². The van der Waals surface area contributed by atoms with Gasteiger partial charge < -0.3 is 14.7 Å². The highest BCUT2D eigenvalue weighted by Gasteiger charge is 2.28. The average molecular weight is 404 g/mol. The monoisotopic (exact) mass is 404 g/mol. The fourth-order valence-electron chi connectivity index (χ4n) is 4.81. The predicted molar refractivity (Wildman–Crippen MR) is 114 cm³/mol. The van der Waals surface area contributed by atoms with Crippen LogP contribution >= 0.6 is 0 Å². The minimum atomic E-state index is -0.224. The number of H-pyrrole nitrogens is 2. The topological polar surface area (TPSA) is 66.0 Å². The van der Waals surface area contributed by atoms with Crippen LogP contribution in [0.4, 0.5) is 4.39 Å². The van der Waals surface area contributed by atoms with Crippen LogP contribution in [0.1, 0.15) is 18.0 Å². The van der Waals surface area contributed by atoms with Crippen LogP contribution in [-0.2, 0) is 0 Å². The molecule has 1 atom stereocenters. The molecule has 1 unspecified atom stereocenters. The number of fused-ring (bicyclic) bond motifs is 1. The molecular weight excluding hydrogens is 383 g/mol. The molecule has 0 saturated heterocycles. The van der Waals surface area contributed by atoms with E-state index < -0.39 is 0 Å². The maximum absolute atomic E-state index is 14.0. The Morgan fingerprint density at radius 1 is 1.20 bits per heavy atom. The first-order valence-electron chi connectivity index (χ1n) is 10.2. The molecule has 7 heteroatoms. The van der Waals surface area contributed by atoms with Crippen molar-refractivity contribution in [3.8, 4) is 5.75 Å². The zero-order valence-electron chi connectivity index (χ0n) is 16.3. The largest absolute Gasteiger partial charge is 0.489 e. The van der Waals surface area contributed by atoms with E-state index in [4.69, 9.17) is 4.74 Å². The molecule has 0 radical (unpaired) electrons. The second-order valence-corrected chi connectivity index (χ2v) is 8.02. The highest BCUT2D eigenvalue weighted by atomic mass is 19.1. The summed E-state index contributed by atoms with van der Waals surface area (Å²) in [6, 6.07) is 10.9. The van der Waals surface area contributed by atoms with Gasteiger partial charge in [-0.1, -0.05) is 24.3 Å². The lowest BCUT2D eigenvalue weighted by molar-refractivity contribution is 0.176. The molecule has 0 spiro atoms. The van der Waals surface area contributed by atoms with Crippen molar-refractivity contribution in [2.45, 2.75) is 12.5 Å². The van der Waals surface area contributed by atoms with Crippen molar-refractivity contribution >= 4 is 27.5 Å². The van der Waals surface area contributed by atoms with Gasteiger partial charge in [-0.05, 0) is 30.2 Å². The normalized spacial score (nSPS) is 19.2. The summed E-state index contributed by atoms with van der Waals surface area (Å²) in [4.78, 5) is 20.9. The van der Waals surface area contributed by atoms with Gasteiger partial charge in [0.1, 0.15) is 23.7 Å². The Hall–Kier alpha value is -3.32.